The molecule has 0 atom stereocenters. The summed E-state index contributed by atoms with van der Waals surface area (Å²) in [5, 5.41) is 15.2. The number of fused-ring (bicyclic) bond motifs is 1. The van der Waals surface area contributed by atoms with E-state index in [9.17, 15) is 9.18 Å². The lowest BCUT2D eigenvalue weighted by molar-refractivity contribution is 0.274. The molecule has 72 valence electrons. The van der Waals surface area contributed by atoms with Crippen molar-refractivity contribution in [2.45, 2.75) is 6.61 Å². The van der Waals surface area contributed by atoms with Crippen LogP contribution in [0.1, 0.15) is 5.69 Å². The van der Waals surface area contributed by atoms with Gasteiger partial charge >= 0.3 is 0 Å². The summed E-state index contributed by atoms with van der Waals surface area (Å²) in [6.45, 7) is -0.457. The SMILES string of the molecule is O=c1c(CO)n[nH]c2ccc(F)cc12. The molecule has 1 aromatic heterocycles. The summed E-state index contributed by atoms with van der Waals surface area (Å²) in [5.74, 6) is -0.488. The summed E-state index contributed by atoms with van der Waals surface area (Å²) in [6, 6.07) is 3.79. The molecular weight excluding hydrogens is 187 g/mol. The van der Waals surface area contributed by atoms with E-state index in [1.54, 1.807) is 0 Å². The lowest BCUT2D eigenvalue weighted by Crippen LogP contribution is -2.13. The van der Waals surface area contributed by atoms with E-state index in [1.807, 2.05) is 0 Å². The number of aromatic nitrogens is 2. The van der Waals surface area contributed by atoms with E-state index in [-0.39, 0.29) is 11.1 Å². The number of hydrogen-bond donors (Lipinski definition) is 2. The molecular formula is C9H7FN2O2. The minimum Gasteiger partial charge on any atom is -0.390 e. The smallest absolute Gasteiger partial charge is 0.213 e. The number of aliphatic hydroxyl groups excluding tert-OH is 1. The van der Waals surface area contributed by atoms with Crippen LogP contribution in [0.4, 0.5) is 4.39 Å². The first-order valence-electron chi connectivity index (χ1n) is 4.00. The Balaban J connectivity index is 2.87. The summed E-state index contributed by atoms with van der Waals surface area (Å²) in [4.78, 5) is 11.5. The highest BCUT2D eigenvalue weighted by atomic mass is 19.1. The van der Waals surface area contributed by atoms with Crippen LogP contribution in [0.5, 0.6) is 0 Å². The van der Waals surface area contributed by atoms with Crippen LogP contribution in [0.15, 0.2) is 23.0 Å². The van der Waals surface area contributed by atoms with Crippen LogP contribution in [-0.4, -0.2) is 15.3 Å². The van der Waals surface area contributed by atoms with Crippen molar-refractivity contribution in [1.29, 1.82) is 0 Å². The molecule has 0 aliphatic rings. The Morgan fingerprint density at radius 2 is 2.29 bits per heavy atom. The maximum Gasteiger partial charge on any atom is 0.213 e. The molecule has 1 aromatic carbocycles. The molecule has 0 fully saturated rings. The fraction of sp³-hybridized carbons (Fsp3) is 0.111. The largest absolute Gasteiger partial charge is 0.390 e. The third-order valence-electron chi connectivity index (χ3n) is 1.95. The second-order valence-corrected chi connectivity index (χ2v) is 2.85. The molecule has 0 radical (unpaired) electrons. The van der Waals surface area contributed by atoms with E-state index in [1.165, 1.54) is 12.1 Å². The number of benzene rings is 1. The number of hydrogen-bond acceptors (Lipinski definition) is 3. The zero-order valence-corrected chi connectivity index (χ0v) is 7.12. The summed E-state index contributed by atoms with van der Waals surface area (Å²) in [6.07, 6.45) is 0. The van der Waals surface area contributed by atoms with Gasteiger partial charge in [0, 0.05) is 0 Å². The average Bonchev–Trinajstić information content (AvgIpc) is 2.20. The van der Waals surface area contributed by atoms with Gasteiger partial charge in [-0.3, -0.25) is 9.89 Å². The normalized spacial score (nSPS) is 10.7. The van der Waals surface area contributed by atoms with Crippen LogP contribution in [0.3, 0.4) is 0 Å². The van der Waals surface area contributed by atoms with Crippen LogP contribution in [0.25, 0.3) is 10.9 Å². The van der Waals surface area contributed by atoms with Crippen molar-refractivity contribution >= 4 is 10.9 Å². The molecule has 0 saturated heterocycles. The number of nitrogens with one attached hydrogen (secondary N) is 1. The third kappa shape index (κ3) is 1.27. The molecule has 1 heterocycles. The first-order valence-corrected chi connectivity index (χ1v) is 4.00. The van der Waals surface area contributed by atoms with Gasteiger partial charge in [0.1, 0.15) is 11.5 Å². The molecule has 0 amide bonds. The summed E-state index contributed by atoms with van der Waals surface area (Å²) in [7, 11) is 0. The predicted molar refractivity (Wildman–Crippen MR) is 48.2 cm³/mol. The standard InChI is InChI=1S/C9H7FN2O2/c10-5-1-2-7-6(3-5)9(14)8(4-13)12-11-7/h1-3,13H,4H2,(H,11,14). The third-order valence-corrected chi connectivity index (χ3v) is 1.95. The second-order valence-electron chi connectivity index (χ2n) is 2.85. The van der Waals surface area contributed by atoms with E-state index in [2.05, 4.69) is 10.2 Å². The highest BCUT2D eigenvalue weighted by molar-refractivity contribution is 5.77. The maximum absolute atomic E-state index is 12.8. The number of rotatable bonds is 1. The van der Waals surface area contributed by atoms with Crippen molar-refractivity contribution in [3.63, 3.8) is 0 Å². The van der Waals surface area contributed by atoms with Crippen molar-refractivity contribution in [3.05, 3.63) is 39.9 Å². The molecule has 2 N–H and O–H groups in total. The van der Waals surface area contributed by atoms with E-state index < -0.39 is 17.9 Å². The van der Waals surface area contributed by atoms with Crippen molar-refractivity contribution in [3.8, 4) is 0 Å². The minimum atomic E-state index is -0.488. The lowest BCUT2D eigenvalue weighted by Gasteiger charge is -1.99. The Labute approximate surface area is 78.0 Å². The zero-order chi connectivity index (χ0) is 10.1. The fourth-order valence-electron chi connectivity index (χ4n) is 1.24. The second kappa shape index (κ2) is 3.19. The molecule has 0 bridgehead atoms. The van der Waals surface area contributed by atoms with Gasteiger partial charge in [0.15, 0.2) is 0 Å². The monoisotopic (exact) mass is 194 g/mol. The van der Waals surface area contributed by atoms with Gasteiger partial charge in [-0.05, 0) is 18.2 Å². The minimum absolute atomic E-state index is 0.0110. The highest BCUT2D eigenvalue weighted by Crippen LogP contribution is 2.08. The highest BCUT2D eigenvalue weighted by Gasteiger charge is 2.05. The molecule has 14 heavy (non-hydrogen) atoms. The van der Waals surface area contributed by atoms with Gasteiger partial charge in [0.05, 0.1) is 17.5 Å². The maximum atomic E-state index is 12.8. The molecule has 5 heteroatoms. The van der Waals surface area contributed by atoms with E-state index >= 15 is 0 Å². The van der Waals surface area contributed by atoms with E-state index in [4.69, 9.17) is 5.11 Å². The van der Waals surface area contributed by atoms with Gasteiger partial charge in [0.25, 0.3) is 0 Å². The van der Waals surface area contributed by atoms with Crippen molar-refractivity contribution in [1.82, 2.24) is 10.2 Å². The topological polar surface area (TPSA) is 66.0 Å². The van der Waals surface area contributed by atoms with Gasteiger partial charge in [-0.1, -0.05) is 0 Å². The number of aromatic amines is 1. The van der Waals surface area contributed by atoms with Gasteiger partial charge in [-0.15, -0.1) is 0 Å². The fourth-order valence-corrected chi connectivity index (χ4v) is 1.24. The van der Waals surface area contributed by atoms with Gasteiger partial charge in [-0.2, -0.15) is 5.10 Å². The van der Waals surface area contributed by atoms with Gasteiger partial charge in [0.2, 0.25) is 5.43 Å². The zero-order valence-electron chi connectivity index (χ0n) is 7.12. The first kappa shape index (κ1) is 8.83. The Kier molecular flexibility index (Phi) is 2.01. The van der Waals surface area contributed by atoms with Gasteiger partial charge in [-0.25, -0.2) is 4.39 Å². The average molecular weight is 194 g/mol. The van der Waals surface area contributed by atoms with Gasteiger partial charge < -0.3 is 5.11 Å². The molecule has 0 aliphatic carbocycles. The summed E-state index contributed by atoms with van der Waals surface area (Å²) >= 11 is 0. The van der Waals surface area contributed by atoms with E-state index in [0.29, 0.717) is 5.52 Å². The molecule has 2 aromatic rings. The van der Waals surface area contributed by atoms with Crippen molar-refractivity contribution in [2.24, 2.45) is 0 Å². The quantitative estimate of drug-likeness (QED) is 0.696. The molecule has 0 saturated carbocycles. The van der Waals surface area contributed by atoms with Crippen LogP contribution in [0.2, 0.25) is 0 Å². The van der Waals surface area contributed by atoms with Crippen molar-refractivity contribution in [2.75, 3.05) is 0 Å². The Bertz CT molecular complexity index is 536. The van der Waals surface area contributed by atoms with Crippen molar-refractivity contribution < 1.29 is 9.50 Å². The summed E-state index contributed by atoms with van der Waals surface area (Å²) < 4.78 is 12.8. The lowest BCUT2D eigenvalue weighted by atomic mass is 10.2. The van der Waals surface area contributed by atoms with Crippen LogP contribution < -0.4 is 5.43 Å². The molecule has 0 aliphatic heterocycles. The molecule has 4 nitrogen and oxygen atoms in total. The van der Waals surface area contributed by atoms with Crippen LogP contribution in [-0.2, 0) is 6.61 Å². The Morgan fingerprint density at radius 1 is 1.50 bits per heavy atom. The molecule has 0 spiro atoms. The predicted octanol–water partition coefficient (Wildman–Crippen LogP) is 0.554. The Hall–Kier alpha value is -1.75. The Morgan fingerprint density at radius 3 is 3.00 bits per heavy atom. The van der Waals surface area contributed by atoms with Crippen LogP contribution >= 0.6 is 0 Å². The first-order chi connectivity index (χ1) is 6.72. The van der Waals surface area contributed by atoms with Crippen LogP contribution in [0, 0.1) is 5.82 Å². The number of halogens is 1. The number of H-pyrrole nitrogens is 1. The molecule has 0 unspecified atom stereocenters. The molecule has 2 rings (SSSR count). The number of nitrogens with zero attached hydrogens (tertiary/aromatic N) is 1. The summed E-state index contributed by atoms with van der Waals surface area (Å²) in [5.41, 5.74) is -0.00236. The number of aliphatic hydroxyl groups is 1. The van der Waals surface area contributed by atoms with E-state index in [0.717, 1.165) is 6.07 Å².